The summed E-state index contributed by atoms with van der Waals surface area (Å²) in [7, 11) is -3.38. The molecule has 21 heavy (non-hydrogen) atoms. The summed E-state index contributed by atoms with van der Waals surface area (Å²) in [5, 5.41) is 3.12. The minimum atomic E-state index is -3.38. The smallest absolute Gasteiger partial charge is 0.211 e. The first-order chi connectivity index (χ1) is 9.93. The molecule has 2 N–H and O–H groups in total. The van der Waals surface area contributed by atoms with Crippen molar-refractivity contribution in [3.8, 4) is 0 Å². The average molecular weight is 337 g/mol. The van der Waals surface area contributed by atoms with Crippen molar-refractivity contribution in [2.75, 3.05) is 25.4 Å². The zero-order valence-electron chi connectivity index (χ0n) is 11.6. The fourth-order valence-corrected chi connectivity index (χ4v) is 3.13. The minimum Gasteiger partial charge on any atom is -0.370 e. The van der Waals surface area contributed by atoms with Gasteiger partial charge in [-0.2, -0.15) is 0 Å². The molecule has 1 aliphatic rings. The normalized spacial score (nSPS) is 23.8. The third-order valence-electron chi connectivity index (χ3n) is 3.29. The van der Waals surface area contributed by atoms with Gasteiger partial charge in [-0.15, -0.1) is 0 Å². The number of hydrogen-bond acceptors (Lipinski definition) is 4. The molecule has 0 amide bonds. The Morgan fingerprint density at radius 3 is 2.95 bits per heavy atom. The quantitative estimate of drug-likeness (QED) is 0.873. The van der Waals surface area contributed by atoms with Crippen molar-refractivity contribution in [3.05, 3.63) is 34.6 Å². The highest BCUT2D eigenvalue weighted by molar-refractivity contribution is 7.89. The van der Waals surface area contributed by atoms with E-state index in [0.29, 0.717) is 25.3 Å². The van der Waals surface area contributed by atoms with E-state index in [9.17, 15) is 12.8 Å². The monoisotopic (exact) mass is 336 g/mol. The Morgan fingerprint density at radius 1 is 1.52 bits per heavy atom. The van der Waals surface area contributed by atoms with Gasteiger partial charge in [-0.1, -0.05) is 17.7 Å². The molecule has 8 heteroatoms. The average Bonchev–Trinajstić information content (AvgIpc) is 2.67. The topological polar surface area (TPSA) is 67.4 Å². The lowest BCUT2D eigenvalue weighted by molar-refractivity contribution is 0.0491. The van der Waals surface area contributed by atoms with E-state index in [2.05, 4.69) is 10.0 Å². The van der Waals surface area contributed by atoms with E-state index in [1.54, 1.807) is 13.0 Å². The molecule has 0 spiro atoms. The molecule has 0 radical (unpaired) electrons. The minimum absolute atomic E-state index is 0.0226. The molecule has 1 aromatic carbocycles. The summed E-state index contributed by atoms with van der Waals surface area (Å²) < 4.78 is 45.5. The Morgan fingerprint density at radius 2 is 2.29 bits per heavy atom. The highest BCUT2D eigenvalue weighted by Crippen LogP contribution is 2.26. The summed E-state index contributed by atoms with van der Waals surface area (Å²) in [6.07, 6.45) is -0.562. The van der Waals surface area contributed by atoms with Gasteiger partial charge < -0.3 is 10.1 Å². The molecule has 1 heterocycles. The third-order valence-corrected chi connectivity index (χ3v) is 5.02. The second kappa shape index (κ2) is 7.02. The summed E-state index contributed by atoms with van der Waals surface area (Å²) in [5.41, 5.74) is 0.560. The highest BCUT2D eigenvalue weighted by Gasteiger charge is 2.29. The Hall–Kier alpha value is -0.730. The number of benzene rings is 1. The maximum Gasteiger partial charge on any atom is 0.211 e. The van der Waals surface area contributed by atoms with Gasteiger partial charge in [0.05, 0.1) is 23.4 Å². The molecule has 2 rings (SSSR count). The van der Waals surface area contributed by atoms with Gasteiger partial charge >= 0.3 is 0 Å². The maximum atomic E-state index is 13.6. The summed E-state index contributed by atoms with van der Waals surface area (Å²) in [6.45, 7) is 2.99. The Labute approximate surface area is 128 Å². The van der Waals surface area contributed by atoms with Gasteiger partial charge in [-0.3, -0.25) is 0 Å². The van der Waals surface area contributed by atoms with Crippen LogP contribution >= 0.6 is 11.6 Å². The van der Waals surface area contributed by atoms with Crippen molar-refractivity contribution < 1.29 is 17.5 Å². The molecule has 0 unspecified atom stereocenters. The highest BCUT2D eigenvalue weighted by atomic mass is 35.5. The van der Waals surface area contributed by atoms with Gasteiger partial charge in [0.15, 0.2) is 0 Å². The zero-order valence-corrected chi connectivity index (χ0v) is 13.2. The first kappa shape index (κ1) is 16.6. The molecular weight excluding hydrogens is 319 g/mol. The number of nitrogens with one attached hydrogen (secondary N) is 2. The van der Waals surface area contributed by atoms with Crippen LogP contribution in [0.4, 0.5) is 4.39 Å². The van der Waals surface area contributed by atoms with Crippen molar-refractivity contribution in [2.45, 2.75) is 19.1 Å². The molecule has 118 valence electrons. The number of sulfonamides is 1. The summed E-state index contributed by atoms with van der Waals surface area (Å²) in [5.74, 6) is -0.572. The van der Waals surface area contributed by atoms with E-state index < -0.39 is 28.0 Å². The molecule has 1 fully saturated rings. The Balaban J connectivity index is 2.28. The number of halogens is 2. The molecule has 0 saturated carbocycles. The van der Waals surface area contributed by atoms with Crippen LogP contribution in [-0.4, -0.2) is 39.9 Å². The second-order valence-electron chi connectivity index (χ2n) is 4.80. The summed E-state index contributed by atoms with van der Waals surface area (Å²) in [6, 6.07) is 3.87. The first-order valence-corrected chi connectivity index (χ1v) is 8.73. The maximum absolute atomic E-state index is 13.6. The van der Waals surface area contributed by atoms with E-state index in [-0.39, 0.29) is 10.8 Å². The molecular formula is C13H18ClFN2O3S. The fourth-order valence-electron chi connectivity index (χ4n) is 2.17. The van der Waals surface area contributed by atoms with Crippen LogP contribution in [-0.2, 0) is 14.8 Å². The van der Waals surface area contributed by atoms with Gasteiger partial charge in [0.25, 0.3) is 0 Å². The first-order valence-electron chi connectivity index (χ1n) is 6.70. The number of ether oxygens (including phenoxy) is 1. The lowest BCUT2D eigenvalue weighted by Gasteiger charge is -2.25. The second-order valence-corrected chi connectivity index (χ2v) is 7.25. The van der Waals surface area contributed by atoms with Crippen molar-refractivity contribution >= 4 is 21.6 Å². The van der Waals surface area contributed by atoms with Crippen molar-refractivity contribution in [1.29, 1.82) is 0 Å². The van der Waals surface area contributed by atoms with E-state index in [0.717, 1.165) is 0 Å². The third kappa shape index (κ3) is 4.37. The lowest BCUT2D eigenvalue weighted by Crippen LogP contribution is -2.45. The predicted octanol–water partition coefficient (Wildman–Crippen LogP) is 1.45. The van der Waals surface area contributed by atoms with Gasteiger partial charge in [0.1, 0.15) is 11.9 Å². The number of rotatable bonds is 4. The van der Waals surface area contributed by atoms with Crippen molar-refractivity contribution in [2.24, 2.45) is 0 Å². The summed E-state index contributed by atoms with van der Waals surface area (Å²) >= 11 is 5.68. The largest absolute Gasteiger partial charge is 0.370 e. The predicted molar refractivity (Wildman–Crippen MR) is 79.4 cm³/mol. The van der Waals surface area contributed by atoms with Crippen LogP contribution in [0, 0.1) is 5.82 Å². The zero-order chi connectivity index (χ0) is 15.5. The van der Waals surface area contributed by atoms with Crippen LogP contribution in [0.3, 0.4) is 0 Å². The van der Waals surface area contributed by atoms with Crippen molar-refractivity contribution in [3.63, 3.8) is 0 Å². The van der Waals surface area contributed by atoms with Gasteiger partial charge in [-0.25, -0.2) is 17.5 Å². The van der Waals surface area contributed by atoms with E-state index in [1.165, 1.54) is 12.1 Å². The van der Waals surface area contributed by atoms with E-state index in [4.69, 9.17) is 16.3 Å². The molecule has 5 nitrogen and oxygen atoms in total. The SMILES string of the molecule is CCS(=O)(=O)N[C@@H]1CNCCO[C@H]1c1ccc(Cl)c(F)c1. The Bertz CT molecular complexity index is 597. The van der Waals surface area contributed by atoms with Crippen LogP contribution in [0.1, 0.15) is 18.6 Å². The van der Waals surface area contributed by atoms with Crippen molar-refractivity contribution in [1.82, 2.24) is 10.0 Å². The molecule has 0 bridgehead atoms. The molecule has 1 aliphatic heterocycles. The summed E-state index contributed by atoms with van der Waals surface area (Å²) in [4.78, 5) is 0. The van der Waals surface area contributed by atoms with Crippen LogP contribution in [0.5, 0.6) is 0 Å². The lowest BCUT2D eigenvalue weighted by atomic mass is 10.0. The molecule has 1 saturated heterocycles. The van der Waals surface area contributed by atoms with Gasteiger partial charge in [0.2, 0.25) is 10.0 Å². The molecule has 1 aromatic rings. The van der Waals surface area contributed by atoms with Gasteiger partial charge in [0, 0.05) is 13.1 Å². The van der Waals surface area contributed by atoms with E-state index in [1.807, 2.05) is 0 Å². The van der Waals surface area contributed by atoms with Crippen LogP contribution in [0.15, 0.2) is 18.2 Å². The molecule has 2 atom stereocenters. The fraction of sp³-hybridized carbons (Fsp3) is 0.538. The Kier molecular flexibility index (Phi) is 5.56. The van der Waals surface area contributed by atoms with Crippen LogP contribution in [0.2, 0.25) is 5.02 Å². The molecule has 0 aliphatic carbocycles. The van der Waals surface area contributed by atoms with Crippen LogP contribution < -0.4 is 10.0 Å². The van der Waals surface area contributed by atoms with Crippen LogP contribution in [0.25, 0.3) is 0 Å². The van der Waals surface area contributed by atoms with Gasteiger partial charge in [-0.05, 0) is 24.6 Å². The number of hydrogen-bond donors (Lipinski definition) is 2. The standard InChI is InChI=1S/C13H18ClFN2O3S/c1-2-21(18,19)17-12-8-16-5-6-20-13(12)9-3-4-10(14)11(15)7-9/h3-4,7,12-13,16-17H,2,5-6,8H2,1H3/t12-,13+/m1/s1. The molecule has 0 aromatic heterocycles. The van der Waals surface area contributed by atoms with E-state index >= 15 is 0 Å².